The number of aryl methyl sites for hydroxylation is 2. The molecule has 0 saturated heterocycles. The van der Waals surface area contributed by atoms with Gasteiger partial charge in [-0.15, -0.1) is 23.7 Å². The van der Waals surface area contributed by atoms with Crippen LogP contribution in [0.3, 0.4) is 0 Å². The van der Waals surface area contributed by atoms with Crippen molar-refractivity contribution < 1.29 is 4.79 Å². The summed E-state index contributed by atoms with van der Waals surface area (Å²) in [4.78, 5) is 18.1. The maximum Gasteiger partial charge on any atom is 0.231 e. The molecule has 1 amide bonds. The number of nitrogens with zero attached hydrogens (tertiary/aromatic N) is 1. The lowest BCUT2D eigenvalue weighted by atomic mass is 9.84. The third-order valence-electron chi connectivity index (χ3n) is 4.74. The lowest BCUT2D eigenvalue weighted by Crippen LogP contribution is -2.42. The van der Waals surface area contributed by atoms with Gasteiger partial charge in [0.05, 0.1) is 11.6 Å². The van der Waals surface area contributed by atoms with Crippen molar-refractivity contribution in [3.05, 3.63) is 10.6 Å². The zero-order chi connectivity index (χ0) is 13.6. The fourth-order valence-corrected chi connectivity index (χ4v) is 4.63. The monoisotopic (exact) mass is 315 g/mol. The molecule has 0 aromatic carbocycles. The van der Waals surface area contributed by atoms with Gasteiger partial charge >= 0.3 is 0 Å². The van der Waals surface area contributed by atoms with E-state index in [2.05, 4.69) is 24.1 Å². The molecule has 0 aliphatic heterocycles. The molecule has 3 rings (SSSR count). The van der Waals surface area contributed by atoms with E-state index in [0.717, 1.165) is 30.1 Å². The van der Waals surface area contributed by atoms with Gasteiger partial charge in [0, 0.05) is 10.9 Å². The summed E-state index contributed by atoms with van der Waals surface area (Å²) in [5, 5.41) is 3.71. The Balaban J connectivity index is 0.00000147. The average molecular weight is 316 g/mol. The van der Waals surface area contributed by atoms with E-state index in [1.165, 1.54) is 11.3 Å². The Kier molecular flexibility index (Phi) is 4.72. The fourth-order valence-electron chi connectivity index (χ4n) is 3.72. The van der Waals surface area contributed by atoms with Crippen molar-refractivity contribution in [3.63, 3.8) is 0 Å². The molecule has 4 unspecified atom stereocenters. The van der Waals surface area contributed by atoms with Crippen LogP contribution < -0.4 is 11.1 Å². The van der Waals surface area contributed by atoms with Gasteiger partial charge in [0.25, 0.3) is 0 Å². The van der Waals surface area contributed by atoms with Crippen LogP contribution in [-0.4, -0.2) is 16.9 Å². The van der Waals surface area contributed by atoms with Gasteiger partial charge in [0.2, 0.25) is 5.91 Å². The van der Waals surface area contributed by atoms with Gasteiger partial charge in [-0.25, -0.2) is 4.98 Å². The molecular weight excluding hydrogens is 294 g/mol. The van der Waals surface area contributed by atoms with Crippen LogP contribution in [-0.2, 0) is 11.2 Å². The van der Waals surface area contributed by atoms with Crippen LogP contribution in [0.2, 0.25) is 0 Å². The second-order valence-electron chi connectivity index (χ2n) is 5.80. The van der Waals surface area contributed by atoms with E-state index in [1.54, 1.807) is 11.3 Å². The van der Waals surface area contributed by atoms with Crippen LogP contribution in [0, 0.1) is 24.7 Å². The number of carbonyl (C=O) groups is 1. The molecule has 1 aromatic heterocycles. The van der Waals surface area contributed by atoms with Crippen LogP contribution in [0.1, 0.15) is 36.8 Å². The average Bonchev–Trinajstić information content (AvgIpc) is 3.03. The molecule has 1 aromatic rings. The van der Waals surface area contributed by atoms with Gasteiger partial charge in [0.1, 0.15) is 0 Å². The third-order valence-corrected chi connectivity index (χ3v) is 5.67. The van der Waals surface area contributed by atoms with E-state index in [9.17, 15) is 4.79 Å². The van der Waals surface area contributed by atoms with E-state index >= 15 is 0 Å². The second kappa shape index (κ2) is 6.00. The highest BCUT2D eigenvalue weighted by Crippen LogP contribution is 2.48. The van der Waals surface area contributed by atoms with Gasteiger partial charge in [-0.1, -0.05) is 6.92 Å². The number of fused-ring (bicyclic) bond motifs is 2. The number of rotatable bonds is 3. The van der Waals surface area contributed by atoms with E-state index in [0.29, 0.717) is 11.8 Å². The number of thiazole rings is 1. The Morgan fingerprint density at radius 1 is 1.45 bits per heavy atom. The number of halogens is 1. The maximum atomic E-state index is 12.4. The van der Waals surface area contributed by atoms with Gasteiger partial charge in [-0.05, 0) is 44.4 Å². The van der Waals surface area contributed by atoms with Crippen LogP contribution in [0.15, 0.2) is 0 Å². The molecule has 2 aliphatic rings. The zero-order valence-corrected chi connectivity index (χ0v) is 13.5. The molecule has 2 saturated carbocycles. The topological polar surface area (TPSA) is 68.0 Å². The molecule has 1 heterocycles. The number of nitrogens with one attached hydrogen (secondary N) is 1. The minimum absolute atomic E-state index is 0. The first-order valence-electron chi connectivity index (χ1n) is 7.13. The van der Waals surface area contributed by atoms with Crippen LogP contribution in [0.5, 0.6) is 0 Å². The summed E-state index contributed by atoms with van der Waals surface area (Å²) < 4.78 is 0. The van der Waals surface area contributed by atoms with Gasteiger partial charge in [0.15, 0.2) is 5.13 Å². The minimum atomic E-state index is -0.00645. The number of carbonyl (C=O) groups excluding carboxylic acids is 1. The molecule has 0 radical (unpaired) electrons. The summed E-state index contributed by atoms with van der Waals surface area (Å²) >= 11 is 1.56. The number of hydrogen-bond acceptors (Lipinski definition) is 4. The third kappa shape index (κ3) is 2.59. The summed E-state index contributed by atoms with van der Waals surface area (Å²) in [7, 11) is 0. The summed E-state index contributed by atoms with van der Waals surface area (Å²) in [6.07, 6.45) is 4.40. The van der Waals surface area contributed by atoms with Crippen molar-refractivity contribution in [3.8, 4) is 0 Å². The van der Waals surface area contributed by atoms with E-state index < -0.39 is 0 Å². The molecule has 3 N–H and O–H groups in total. The molecule has 6 heteroatoms. The summed E-state index contributed by atoms with van der Waals surface area (Å²) in [6, 6.07) is 0.0467. The molecule has 4 nitrogen and oxygen atoms in total. The van der Waals surface area contributed by atoms with E-state index in [4.69, 9.17) is 5.73 Å². The SMILES string of the molecule is CCc1nc(NC(=O)C2C3CCC(C3)C2N)sc1C.Cl. The van der Waals surface area contributed by atoms with Crippen LogP contribution in [0.25, 0.3) is 0 Å². The minimum Gasteiger partial charge on any atom is -0.327 e. The van der Waals surface area contributed by atoms with Crippen LogP contribution in [0.4, 0.5) is 5.13 Å². The standard InChI is InChI=1S/C14H21N3OS.ClH/c1-3-10-7(2)19-14(16-10)17-13(18)11-8-4-5-9(6-8)12(11)15;/h8-9,11-12H,3-6,15H2,1-2H3,(H,16,17,18);1H. The first-order chi connectivity index (χ1) is 9.10. The van der Waals surface area contributed by atoms with Gasteiger partial charge < -0.3 is 11.1 Å². The lowest BCUT2D eigenvalue weighted by Gasteiger charge is -2.26. The van der Waals surface area contributed by atoms with Crippen molar-refractivity contribution in [2.24, 2.45) is 23.5 Å². The van der Waals surface area contributed by atoms with Crippen molar-refractivity contribution in [2.45, 2.75) is 45.6 Å². The number of nitrogens with two attached hydrogens (primary N) is 1. The number of aromatic nitrogens is 1. The quantitative estimate of drug-likeness (QED) is 0.901. The largest absolute Gasteiger partial charge is 0.327 e. The van der Waals surface area contributed by atoms with Crippen LogP contribution >= 0.6 is 23.7 Å². The Bertz CT molecular complexity index is 503. The van der Waals surface area contributed by atoms with Gasteiger partial charge in [-0.2, -0.15) is 0 Å². The highest BCUT2D eigenvalue weighted by Gasteiger charge is 2.49. The van der Waals surface area contributed by atoms with Crippen molar-refractivity contribution in [1.82, 2.24) is 4.98 Å². The first kappa shape index (κ1) is 15.7. The number of anilines is 1. The highest BCUT2D eigenvalue weighted by molar-refractivity contribution is 7.15. The summed E-state index contributed by atoms with van der Waals surface area (Å²) in [6.45, 7) is 4.13. The normalized spacial score (nSPS) is 31.1. The Hall–Kier alpha value is -0.650. The molecule has 2 aliphatic carbocycles. The molecule has 2 bridgehead atoms. The highest BCUT2D eigenvalue weighted by atomic mass is 35.5. The van der Waals surface area contributed by atoms with Gasteiger partial charge in [-0.3, -0.25) is 4.79 Å². The number of amides is 1. The second-order valence-corrected chi connectivity index (χ2v) is 7.00. The Labute approximate surface area is 129 Å². The van der Waals surface area contributed by atoms with E-state index in [1.807, 2.05) is 0 Å². The van der Waals surface area contributed by atoms with E-state index in [-0.39, 0.29) is 30.3 Å². The maximum absolute atomic E-state index is 12.4. The predicted molar refractivity (Wildman–Crippen MR) is 84.4 cm³/mol. The first-order valence-corrected chi connectivity index (χ1v) is 7.94. The molecular formula is C14H22ClN3OS. The number of hydrogen-bond donors (Lipinski definition) is 2. The molecule has 2 fully saturated rings. The van der Waals surface area contributed by atoms with Crippen molar-refractivity contribution in [1.29, 1.82) is 0 Å². The Morgan fingerprint density at radius 3 is 2.70 bits per heavy atom. The summed E-state index contributed by atoms with van der Waals surface area (Å²) in [5.41, 5.74) is 7.28. The molecule has 20 heavy (non-hydrogen) atoms. The fraction of sp³-hybridized carbons (Fsp3) is 0.714. The lowest BCUT2D eigenvalue weighted by molar-refractivity contribution is -0.121. The van der Waals surface area contributed by atoms with Crippen molar-refractivity contribution in [2.75, 3.05) is 5.32 Å². The predicted octanol–water partition coefficient (Wildman–Crippen LogP) is 2.75. The molecule has 0 spiro atoms. The molecule has 4 atom stereocenters. The smallest absolute Gasteiger partial charge is 0.231 e. The van der Waals surface area contributed by atoms with Crippen molar-refractivity contribution >= 4 is 34.8 Å². The summed E-state index contributed by atoms with van der Waals surface area (Å²) in [5.74, 6) is 1.13. The molecule has 112 valence electrons. The Morgan fingerprint density at radius 2 is 2.15 bits per heavy atom. The zero-order valence-electron chi connectivity index (χ0n) is 11.9.